The molecule has 0 spiro atoms. The maximum absolute atomic E-state index is 13.7. The maximum atomic E-state index is 13.7. The number of carbonyl (C=O) groups is 1. The number of amides is 1. The summed E-state index contributed by atoms with van der Waals surface area (Å²) < 4.78 is 14.4. The lowest BCUT2D eigenvalue weighted by molar-refractivity contribution is 0.0780. The number of rotatable bonds is 4. The summed E-state index contributed by atoms with van der Waals surface area (Å²) in [6, 6.07) is 12.5. The van der Waals surface area contributed by atoms with E-state index in [0.717, 1.165) is 12.0 Å². The molecule has 0 N–H and O–H groups in total. The predicted molar refractivity (Wildman–Crippen MR) is 85.7 cm³/mol. The van der Waals surface area contributed by atoms with Gasteiger partial charge < -0.3 is 4.90 Å². The molecule has 0 aliphatic heterocycles. The lowest BCUT2D eigenvalue weighted by Crippen LogP contribution is -2.27. The zero-order valence-corrected chi connectivity index (χ0v) is 13.7. The first-order valence-electron chi connectivity index (χ1n) is 6.79. The third-order valence-corrected chi connectivity index (χ3v) is 3.85. The van der Waals surface area contributed by atoms with Crippen LogP contribution in [0.5, 0.6) is 0 Å². The number of hydrogen-bond donors (Lipinski definition) is 0. The van der Waals surface area contributed by atoms with Gasteiger partial charge in [0.05, 0.1) is 5.56 Å². The second kappa shape index (κ2) is 6.85. The molecule has 0 unspecified atom stereocenters. The summed E-state index contributed by atoms with van der Waals surface area (Å²) in [5.74, 6) is -0.829. The van der Waals surface area contributed by atoms with Gasteiger partial charge in [-0.1, -0.05) is 47.1 Å². The maximum Gasteiger partial charge on any atom is 0.256 e. The first kappa shape index (κ1) is 15.7. The summed E-state index contributed by atoms with van der Waals surface area (Å²) in [6.07, 6.45) is 0.984. The van der Waals surface area contributed by atoms with Gasteiger partial charge in [0.1, 0.15) is 5.82 Å². The molecule has 0 saturated carbocycles. The van der Waals surface area contributed by atoms with Crippen LogP contribution in [0, 0.1) is 5.82 Å². The molecule has 21 heavy (non-hydrogen) atoms. The van der Waals surface area contributed by atoms with E-state index in [9.17, 15) is 9.18 Å². The minimum atomic E-state index is -0.503. The third-order valence-electron chi connectivity index (χ3n) is 3.36. The van der Waals surface area contributed by atoms with E-state index in [1.54, 1.807) is 13.1 Å². The number of hydrogen-bond acceptors (Lipinski definition) is 1. The van der Waals surface area contributed by atoms with Gasteiger partial charge in [-0.15, -0.1) is 0 Å². The van der Waals surface area contributed by atoms with Crippen LogP contribution < -0.4 is 0 Å². The monoisotopic (exact) mass is 349 g/mol. The van der Waals surface area contributed by atoms with Crippen LogP contribution >= 0.6 is 15.9 Å². The molecule has 2 aromatic rings. The molecule has 0 atom stereocenters. The molecule has 0 radical (unpaired) electrons. The molecule has 0 saturated heterocycles. The molecule has 0 aliphatic rings. The number of carbonyl (C=O) groups excluding carboxylic acids is 1. The van der Waals surface area contributed by atoms with Crippen LogP contribution in [0.4, 0.5) is 4.39 Å². The molecular weight excluding hydrogens is 333 g/mol. The third kappa shape index (κ3) is 3.91. The van der Waals surface area contributed by atoms with E-state index in [4.69, 9.17) is 0 Å². The van der Waals surface area contributed by atoms with Crippen LogP contribution in [0.1, 0.15) is 28.4 Å². The normalized spacial score (nSPS) is 10.5. The Hall–Kier alpha value is -1.68. The van der Waals surface area contributed by atoms with Crippen LogP contribution in [0.25, 0.3) is 0 Å². The van der Waals surface area contributed by atoms with Gasteiger partial charge in [-0.3, -0.25) is 4.79 Å². The Balaban J connectivity index is 2.13. The van der Waals surface area contributed by atoms with E-state index in [1.165, 1.54) is 22.6 Å². The smallest absolute Gasteiger partial charge is 0.256 e. The van der Waals surface area contributed by atoms with Crippen molar-refractivity contribution in [1.29, 1.82) is 0 Å². The minimum absolute atomic E-state index is 0.0806. The lowest BCUT2D eigenvalue weighted by atomic mass is 10.1. The summed E-state index contributed by atoms with van der Waals surface area (Å²) in [5, 5.41) is 0. The Labute approximate surface area is 132 Å². The molecular formula is C17H17BrFNO. The largest absolute Gasteiger partial charge is 0.337 e. The molecule has 4 heteroatoms. The van der Waals surface area contributed by atoms with Gasteiger partial charge in [0.15, 0.2) is 0 Å². The average molecular weight is 350 g/mol. The number of aryl methyl sites for hydroxylation is 1. The van der Waals surface area contributed by atoms with Gasteiger partial charge in [0.2, 0.25) is 0 Å². The van der Waals surface area contributed by atoms with Crippen LogP contribution in [-0.2, 0) is 13.0 Å². The molecule has 0 fully saturated rings. The Kier molecular flexibility index (Phi) is 5.12. The van der Waals surface area contributed by atoms with E-state index >= 15 is 0 Å². The highest BCUT2D eigenvalue weighted by atomic mass is 79.9. The van der Waals surface area contributed by atoms with Crippen LogP contribution in [0.15, 0.2) is 46.9 Å². The first-order chi connectivity index (χ1) is 10.0. The summed E-state index contributed by atoms with van der Waals surface area (Å²) >= 11 is 3.26. The molecule has 1 amide bonds. The highest BCUT2D eigenvalue weighted by Crippen LogP contribution is 2.18. The Bertz CT molecular complexity index is 640. The van der Waals surface area contributed by atoms with E-state index in [0.29, 0.717) is 11.0 Å². The van der Waals surface area contributed by atoms with E-state index in [2.05, 4.69) is 22.9 Å². The molecule has 2 aromatic carbocycles. The van der Waals surface area contributed by atoms with Crippen molar-refractivity contribution in [2.24, 2.45) is 0 Å². The van der Waals surface area contributed by atoms with Crippen molar-refractivity contribution >= 4 is 21.8 Å². The lowest BCUT2D eigenvalue weighted by Gasteiger charge is -2.18. The summed E-state index contributed by atoms with van der Waals surface area (Å²) in [4.78, 5) is 13.8. The fourth-order valence-corrected chi connectivity index (χ4v) is 2.45. The molecule has 0 bridgehead atoms. The molecule has 0 heterocycles. The van der Waals surface area contributed by atoms with Gasteiger partial charge in [0, 0.05) is 18.1 Å². The van der Waals surface area contributed by atoms with Crippen LogP contribution in [0.2, 0.25) is 0 Å². The number of nitrogens with zero attached hydrogens (tertiary/aromatic N) is 1. The summed E-state index contributed by atoms with van der Waals surface area (Å²) in [6.45, 7) is 2.55. The van der Waals surface area contributed by atoms with Crippen molar-refractivity contribution in [3.05, 3.63) is 69.4 Å². The van der Waals surface area contributed by atoms with Crippen molar-refractivity contribution in [3.63, 3.8) is 0 Å². The zero-order valence-electron chi connectivity index (χ0n) is 12.1. The molecule has 0 aliphatic carbocycles. The van der Waals surface area contributed by atoms with Gasteiger partial charge in [-0.25, -0.2) is 4.39 Å². The van der Waals surface area contributed by atoms with E-state index < -0.39 is 5.82 Å². The van der Waals surface area contributed by atoms with E-state index in [1.807, 2.05) is 24.3 Å². The quantitative estimate of drug-likeness (QED) is 0.799. The van der Waals surface area contributed by atoms with Gasteiger partial charge in [-0.05, 0) is 35.7 Å². The van der Waals surface area contributed by atoms with E-state index in [-0.39, 0.29) is 11.5 Å². The summed E-state index contributed by atoms with van der Waals surface area (Å²) in [7, 11) is 1.68. The standard InChI is InChI=1S/C17H17BrFNO/c1-3-12-4-6-13(7-5-12)11-20(2)17(21)15-10-14(18)8-9-16(15)19/h4-10H,3,11H2,1-2H3. The minimum Gasteiger partial charge on any atom is -0.337 e. The van der Waals surface area contributed by atoms with Crippen molar-refractivity contribution in [3.8, 4) is 0 Å². The molecule has 2 rings (SSSR count). The van der Waals surface area contributed by atoms with Crippen molar-refractivity contribution in [1.82, 2.24) is 4.90 Å². The Morgan fingerprint density at radius 2 is 1.76 bits per heavy atom. The van der Waals surface area contributed by atoms with Crippen LogP contribution in [0.3, 0.4) is 0 Å². The SMILES string of the molecule is CCc1ccc(CN(C)C(=O)c2cc(Br)ccc2F)cc1. The van der Waals surface area contributed by atoms with Gasteiger partial charge in [0.25, 0.3) is 5.91 Å². The van der Waals surface area contributed by atoms with Crippen LogP contribution in [-0.4, -0.2) is 17.9 Å². The highest BCUT2D eigenvalue weighted by Gasteiger charge is 2.16. The first-order valence-corrected chi connectivity index (χ1v) is 7.59. The average Bonchev–Trinajstić information content (AvgIpc) is 2.49. The second-order valence-electron chi connectivity index (χ2n) is 4.96. The zero-order chi connectivity index (χ0) is 15.4. The van der Waals surface area contributed by atoms with Crippen molar-refractivity contribution < 1.29 is 9.18 Å². The topological polar surface area (TPSA) is 20.3 Å². The summed E-state index contributed by atoms with van der Waals surface area (Å²) in [5.41, 5.74) is 2.36. The number of halogens is 2. The molecule has 0 aromatic heterocycles. The predicted octanol–water partition coefficient (Wildman–Crippen LogP) is 4.42. The van der Waals surface area contributed by atoms with Crippen molar-refractivity contribution in [2.45, 2.75) is 19.9 Å². The molecule has 110 valence electrons. The molecule has 2 nitrogen and oxygen atoms in total. The van der Waals surface area contributed by atoms with Gasteiger partial charge in [-0.2, -0.15) is 0 Å². The second-order valence-corrected chi connectivity index (χ2v) is 5.87. The Morgan fingerprint density at radius 1 is 1.14 bits per heavy atom. The fraction of sp³-hybridized carbons (Fsp3) is 0.235. The van der Waals surface area contributed by atoms with Crippen molar-refractivity contribution in [2.75, 3.05) is 7.05 Å². The van der Waals surface area contributed by atoms with Gasteiger partial charge >= 0.3 is 0 Å². The fourth-order valence-electron chi connectivity index (χ4n) is 2.09. The Morgan fingerprint density at radius 3 is 2.38 bits per heavy atom. The number of benzene rings is 2. The highest BCUT2D eigenvalue weighted by molar-refractivity contribution is 9.10.